The van der Waals surface area contributed by atoms with Crippen molar-refractivity contribution in [3.8, 4) is 0 Å². The van der Waals surface area contributed by atoms with Gasteiger partial charge in [-0.15, -0.1) is 0 Å². The Balaban J connectivity index is 2.30. The van der Waals surface area contributed by atoms with Crippen LogP contribution in [0.15, 0.2) is 0 Å². The lowest BCUT2D eigenvalue weighted by Crippen LogP contribution is -2.41. The second kappa shape index (κ2) is 4.70. The third kappa shape index (κ3) is 3.51. The summed E-state index contributed by atoms with van der Waals surface area (Å²) in [6.07, 6.45) is 4.94. The molecule has 0 aromatic heterocycles. The molecule has 0 unspecified atom stereocenters. The van der Waals surface area contributed by atoms with E-state index in [0.717, 1.165) is 0 Å². The molecule has 1 aliphatic heterocycles. The predicted octanol–water partition coefficient (Wildman–Crippen LogP) is 2.82. The summed E-state index contributed by atoms with van der Waals surface area (Å²) in [6.45, 7) is 10.6. The second-order valence-corrected chi connectivity index (χ2v) is 6.03. The van der Waals surface area contributed by atoms with Crippen molar-refractivity contribution in [2.45, 2.75) is 38.4 Å². The molecule has 1 nitrogen and oxygen atoms in total. The Hall–Kier alpha value is 0.310. The fourth-order valence-electron chi connectivity index (χ4n) is 1.84. The molecular weight excluding hydrogens is 178 g/mol. The van der Waals surface area contributed by atoms with E-state index in [2.05, 4.69) is 31.9 Å². The van der Waals surface area contributed by atoms with Crippen LogP contribution in [-0.4, -0.2) is 35.5 Å². The Kier molecular flexibility index (Phi) is 4.11. The highest BCUT2D eigenvalue weighted by Crippen LogP contribution is 2.33. The predicted molar refractivity (Wildman–Crippen MR) is 62.2 cm³/mol. The van der Waals surface area contributed by atoms with Crippen LogP contribution >= 0.6 is 11.8 Å². The van der Waals surface area contributed by atoms with Gasteiger partial charge in [-0.05, 0) is 38.1 Å². The minimum Gasteiger partial charge on any atom is -0.303 e. The van der Waals surface area contributed by atoms with Gasteiger partial charge in [0.1, 0.15) is 0 Å². The van der Waals surface area contributed by atoms with Gasteiger partial charge in [-0.2, -0.15) is 11.8 Å². The molecule has 0 spiro atoms. The Bertz CT molecular complexity index is 148. The molecule has 1 rings (SSSR count). The van der Waals surface area contributed by atoms with E-state index >= 15 is 0 Å². The summed E-state index contributed by atoms with van der Waals surface area (Å²) in [4.78, 5) is 2.58. The molecule has 1 radical (unpaired) electrons. The standard InChI is InChI=1S/C11H22NS/c1-10(2)9-12-7-5-11(3,13-4)6-8-12/h5-9H2,1-4H3. The lowest BCUT2D eigenvalue weighted by molar-refractivity contribution is 0.214. The third-order valence-corrected chi connectivity index (χ3v) is 4.34. The minimum atomic E-state index is 0.554. The van der Waals surface area contributed by atoms with Gasteiger partial charge in [0.25, 0.3) is 0 Å². The molecule has 0 N–H and O–H groups in total. The summed E-state index contributed by atoms with van der Waals surface area (Å²) in [5, 5.41) is 0. The number of likely N-dealkylation sites (tertiary alicyclic amines) is 1. The van der Waals surface area contributed by atoms with Crippen molar-refractivity contribution in [3.05, 3.63) is 5.92 Å². The summed E-state index contributed by atoms with van der Waals surface area (Å²) in [5.41, 5.74) is 0. The highest BCUT2D eigenvalue weighted by Gasteiger charge is 2.28. The van der Waals surface area contributed by atoms with Gasteiger partial charge in [0, 0.05) is 11.3 Å². The topological polar surface area (TPSA) is 3.24 Å². The van der Waals surface area contributed by atoms with Crippen LogP contribution in [0, 0.1) is 5.92 Å². The quantitative estimate of drug-likeness (QED) is 0.689. The van der Waals surface area contributed by atoms with Crippen LogP contribution in [0.25, 0.3) is 0 Å². The summed E-state index contributed by atoms with van der Waals surface area (Å²) < 4.78 is 0.554. The molecule has 0 aliphatic carbocycles. The first-order valence-electron chi connectivity index (χ1n) is 5.12. The highest BCUT2D eigenvalue weighted by molar-refractivity contribution is 7.99. The molecule has 1 aliphatic rings. The molecule has 1 saturated heterocycles. The number of hydrogen-bond acceptors (Lipinski definition) is 2. The molecular formula is C11H22NS. The van der Waals surface area contributed by atoms with Gasteiger partial charge in [0.15, 0.2) is 0 Å². The lowest BCUT2D eigenvalue weighted by atomic mass is 9.97. The second-order valence-electron chi connectivity index (χ2n) is 4.64. The number of piperidine rings is 1. The van der Waals surface area contributed by atoms with Crippen LogP contribution in [0.3, 0.4) is 0 Å². The van der Waals surface area contributed by atoms with Gasteiger partial charge < -0.3 is 4.90 Å². The van der Waals surface area contributed by atoms with E-state index in [0.29, 0.717) is 4.75 Å². The van der Waals surface area contributed by atoms with E-state index in [4.69, 9.17) is 0 Å². The average molecular weight is 200 g/mol. The van der Waals surface area contributed by atoms with E-state index < -0.39 is 0 Å². The van der Waals surface area contributed by atoms with Crippen LogP contribution in [0.1, 0.15) is 33.6 Å². The Labute approximate surface area is 87.3 Å². The van der Waals surface area contributed by atoms with E-state index in [9.17, 15) is 0 Å². The maximum Gasteiger partial charge on any atom is 0.0153 e. The summed E-state index contributed by atoms with van der Waals surface area (Å²) in [6, 6.07) is 0. The molecule has 13 heavy (non-hydrogen) atoms. The number of rotatable bonds is 3. The van der Waals surface area contributed by atoms with Crippen molar-refractivity contribution < 1.29 is 0 Å². The van der Waals surface area contributed by atoms with Crippen molar-refractivity contribution in [1.82, 2.24) is 4.90 Å². The van der Waals surface area contributed by atoms with E-state index in [1.807, 2.05) is 11.8 Å². The van der Waals surface area contributed by atoms with E-state index in [1.54, 1.807) is 0 Å². The minimum absolute atomic E-state index is 0.554. The summed E-state index contributed by atoms with van der Waals surface area (Å²) >= 11 is 2.04. The molecule has 1 fully saturated rings. The van der Waals surface area contributed by atoms with Crippen LogP contribution in [0.5, 0.6) is 0 Å². The van der Waals surface area contributed by atoms with Crippen LogP contribution in [0.4, 0.5) is 0 Å². The average Bonchev–Trinajstić information content (AvgIpc) is 2.09. The largest absolute Gasteiger partial charge is 0.303 e. The summed E-state index contributed by atoms with van der Waals surface area (Å²) in [5.74, 6) is 1.53. The van der Waals surface area contributed by atoms with Gasteiger partial charge in [0.2, 0.25) is 0 Å². The zero-order valence-corrected chi connectivity index (χ0v) is 10.2. The normalized spacial score (nSPS) is 23.8. The number of nitrogens with zero attached hydrogens (tertiary/aromatic N) is 1. The third-order valence-electron chi connectivity index (χ3n) is 2.95. The maximum atomic E-state index is 2.58. The molecule has 0 aromatic rings. The first-order chi connectivity index (χ1) is 6.06. The zero-order valence-electron chi connectivity index (χ0n) is 9.39. The van der Waals surface area contributed by atoms with Crippen LogP contribution in [0.2, 0.25) is 0 Å². The van der Waals surface area contributed by atoms with E-state index in [1.165, 1.54) is 38.4 Å². The maximum absolute atomic E-state index is 2.58. The molecule has 0 amide bonds. The smallest absolute Gasteiger partial charge is 0.0153 e. The SMILES string of the molecule is CSC1(C)CCN(C[C](C)C)CC1. The molecule has 0 saturated carbocycles. The van der Waals surface area contributed by atoms with Gasteiger partial charge in [0.05, 0.1) is 0 Å². The van der Waals surface area contributed by atoms with Crippen molar-refractivity contribution in [1.29, 1.82) is 0 Å². The van der Waals surface area contributed by atoms with Crippen molar-refractivity contribution >= 4 is 11.8 Å². The Morgan fingerprint density at radius 1 is 1.31 bits per heavy atom. The molecule has 77 valence electrons. The fourth-order valence-corrected chi connectivity index (χ4v) is 2.43. The molecule has 1 heterocycles. The fraction of sp³-hybridized carbons (Fsp3) is 0.909. The number of thioether (sulfide) groups is 1. The van der Waals surface area contributed by atoms with Crippen LogP contribution in [-0.2, 0) is 0 Å². The Morgan fingerprint density at radius 3 is 2.23 bits per heavy atom. The summed E-state index contributed by atoms with van der Waals surface area (Å²) in [7, 11) is 0. The lowest BCUT2D eigenvalue weighted by Gasteiger charge is -2.38. The van der Waals surface area contributed by atoms with Gasteiger partial charge in [-0.25, -0.2) is 0 Å². The molecule has 0 aromatic carbocycles. The number of hydrogen-bond donors (Lipinski definition) is 0. The highest BCUT2D eigenvalue weighted by atomic mass is 32.2. The van der Waals surface area contributed by atoms with Gasteiger partial charge >= 0.3 is 0 Å². The molecule has 0 atom stereocenters. The zero-order chi connectivity index (χ0) is 9.90. The van der Waals surface area contributed by atoms with E-state index in [-0.39, 0.29) is 0 Å². The molecule has 0 bridgehead atoms. The van der Waals surface area contributed by atoms with Crippen molar-refractivity contribution in [2.24, 2.45) is 0 Å². The van der Waals surface area contributed by atoms with Crippen LogP contribution < -0.4 is 0 Å². The monoisotopic (exact) mass is 200 g/mol. The first-order valence-corrected chi connectivity index (χ1v) is 6.35. The Morgan fingerprint density at radius 2 is 1.85 bits per heavy atom. The molecule has 2 heteroatoms. The van der Waals surface area contributed by atoms with Crippen molar-refractivity contribution in [2.75, 3.05) is 25.9 Å². The first kappa shape index (κ1) is 11.4. The van der Waals surface area contributed by atoms with Crippen molar-refractivity contribution in [3.63, 3.8) is 0 Å². The van der Waals surface area contributed by atoms with Gasteiger partial charge in [-0.3, -0.25) is 0 Å². The van der Waals surface area contributed by atoms with Gasteiger partial charge in [-0.1, -0.05) is 20.8 Å².